The first-order valence-electron chi connectivity index (χ1n) is 17.8. The topological polar surface area (TPSA) is 35.2 Å². The van der Waals surface area contributed by atoms with E-state index in [-0.39, 0.29) is 11.0 Å². The molecule has 2 aromatic heterocycles. The molecule has 8 rings (SSSR count). The van der Waals surface area contributed by atoms with Crippen LogP contribution in [0.15, 0.2) is 66.9 Å². The molecule has 1 aliphatic heterocycles. The van der Waals surface area contributed by atoms with Gasteiger partial charge in [-0.15, -0.1) is 0 Å². The molecule has 2 unspecified atom stereocenters. The van der Waals surface area contributed by atoms with Gasteiger partial charge in [-0.2, -0.15) is 0 Å². The number of aromatic nitrogens is 3. The maximum absolute atomic E-state index is 6.84. The summed E-state index contributed by atoms with van der Waals surface area (Å²) in [7, 11) is 2.12. The summed E-state index contributed by atoms with van der Waals surface area (Å²) < 4.78 is 12.5. The van der Waals surface area contributed by atoms with Crippen molar-refractivity contribution >= 4 is 22.5 Å². The van der Waals surface area contributed by atoms with E-state index in [0.717, 1.165) is 26.6 Å². The van der Waals surface area contributed by atoms with Gasteiger partial charge in [-0.05, 0) is 25.0 Å². The van der Waals surface area contributed by atoms with Crippen molar-refractivity contribution in [3.63, 3.8) is 0 Å². The molecule has 0 bridgehead atoms. The molecule has 3 heterocycles. The second-order valence-corrected chi connectivity index (χ2v) is 16.4. The SMILES string of the molecule is Cc1ccnc(N2c3[c-]c(Oc4[c-]c(-n5[c](=[Pt])n(C)c6ccccc65)cc(C(C)(C)C)c4)ccc3C3CCCCC3C23CCCCC3)c1. The van der Waals surface area contributed by atoms with Gasteiger partial charge in [-0.1, -0.05) is 32.1 Å². The number of aryl methyl sites for hydroxylation is 2. The molecule has 3 aliphatic rings. The maximum atomic E-state index is 6.84. The average Bonchev–Trinajstić information content (AvgIpc) is 3.34. The van der Waals surface area contributed by atoms with Crippen LogP contribution in [-0.4, -0.2) is 19.7 Å². The predicted octanol–water partition coefficient (Wildman–Crippen LogP) is 10.6. The Bertz CT molecular complexity index is 2060. The number of nitrogens with zero attached hydrogens (tertiary/aromatic N) is 4. The predicted molar refractivity (Wildman–Crippen MR) is 190 cm³/mol. The number of benzene rings is 3. The van der Waals surface area contributed by atoms with E-state index in [9.17, 15) is 0 Å². The zero-order valence-electron chi connectivity index (χ0n) is 28.9. The molecular formula is C42H46N4OPt-2. The standard InChI is InChI=1S/C42H46N4O.Pt/c1-29-19-22-43-40(23-29)46-39-27-32(17-18-35(39)34-13-7-8-14-36(34)42(46)20-11-6-12-21-42)47-33-25-30(41(2,3)4)24-31(26-33)45-28-44(5)37-15-9-10-16-38(37)45;/h9-10,15-19,22-25,34,36H,6-8,11-14,20-21H2,1-5H3;/q-2;. The Morgan fingerprint density at radius 1 is 0.875 bits per heavy atom. The van der Waals surface area contributed by atoms with Crippen LogP contribution in [-0.2, 0) is 31.8 Å². The molecule has 1 spiro atoms. The van der Waals surface area contributed by atoms with Crippen molar-refractivity contribution in [1.82, 2.24) is 14.1 Å². The fourth-order valence-corrected chi connectivity index (χ4v) is 9.87. The fourth-order valence-electron chi connectivity index (χ4n) is 9.05. The van der Waals surface area contributed by atoms with Crippen molar-refractivity contribution in [2.45, 2.75) is 102 Å². The third kappa shape index (κ3) is 5.32. The zero-order chi connectivity index (χ0) is 33.2. The van der Waals surface area contributed by atoms with Crippen LogP contribution in [0.5, 0.6) is 11.5 Å². The van der Waals surface area contributed by atoms with Crippen LogP contribution >= 0.6 is 0 Å². The smallest absolute Gasteiger partial charge is 0.0531 e. The third-order valence-corrected chi connectivity index (χ3v) is 12.6. The van der Waals surface area contributed by atoms with Gasteiger partial charge in [0.15, 0.2) is 0 Å². The molecule has 5 aromatic rings. The summed E-state index contributed by atoms with van der Waals surface area (Å²) in [4.78, 5) is 7.66. The molecule has 0 amide bonds. The van der Waals surface area contributed by atoms with Gasteiger partial charge in [0.1, 0.15) is 0 Å². The van der Waals surface area contributed by atoms with Gasteiger partial charge in [0.2, 0.25) is 0 Å². The van der Waals surface area contributed by atoms with Crippen LogP contribution in [0.4, 0.5) is 11.5 Å². The molecule has 6 heteroatoms. The second-order valence-electron chi connectivity index (χ2n) is 15.4. The normalized spacial score (nSPS) is 20.5. The van der Waals surface area contributed by atoms with Crippen LogP contribution in [0.3, 0.4) is 0 Å². The van der Waals surface area contributed by atoms with Crippen molar-refractivity contribution in [3.8, 4) is 17.2 Å². The first-order chi connectivity index (χ1) is 23.1. The number of fused-ring (bicyclic) bond motifs is 5. The van der Waals surface area contributed by atoms with Gasteiger partial charge in [0.05, 0.1) is 0 Å². The Kier molecular flexibility index (Phi) is 8.06. The molecule has 0 saturated heterocycles. The molecule has 2 atom stereocenters. The Hall–Kier alpha value is -3.43. The van der Waals surface area contributed by atoms with Crippen LogP contribution in [0.25, 0.3) is 16.7 Å². The number of rotatable bonds is 4. The van der Waals surface area contributed by atoms with Crippen molar-refractivity contribution in [1.29, 1.82) is 0 Å². The summed E-state index contributed by atoms with van der Waals surface area (Å²) >= 11 is 2.42. The minimum absolute atomic E-state index is 0.0689. The fraction of sp³-hybridized carbons (Fsp3) is 0.429. The minimum atomic E-state index is -0.0741. The first-order valence-corrected chi connectivity index (χ1v) is 18.9. The third-order valence-electron chi connectivity index (χ3n) is 11.4. The second kappa shape index (κ2) is 12.2. The molecule has 5 nitrogen and oxygen atoms in total. The summed E-state index contributed by atoms with van der Waals surface area (Å²) in [6.07, 6.45) is 13.5. The monoisotopic (exact) mass is 817 g/mol. The van der Waals surface area contributed by atoms with E-state index in [1.54, 1.807) is 0 Å². The first kappa shape index (κ1) is 31.8. The van der Waals surface area contributed by atoms with Crippen LogP contribution < -0.4 is 9.64 Å². The number of hydrogen-bond donors (Lipinski definition) is 0. The van der Waals surface area contributed by atoms with Gasteiger partial charge in [0, 0.05) is 6.20 Å². The summed E-state index contributed by atoms with van der Waals surface area (Å²) in [5.41, 5.74) is 8.35. The summed E-state index contributed by atoms with van der Waals surface area (Å²) in [6, 6.07) is 29.4. The Labute approximate surface area is 296 Å². The van der Waals surface area contributed by atoms with Crippen LogP contribution in [0.1, 0.15) is 101 Å². The molecule has 2 saturated carbocycles. The molecule has 2 fully saturated rings. The molecule has 0 N–H and O–H groups in total. The number of pyridine rings is 1. The minimum Gasteiger partial charge on any atom is -0.0531 e. The number of ether oxygens (including phenoxy) is 1. The van der Waals surface area contributed by atoms with Gasteiger partial charge in [-0.3, -0.25) is 0 Å². The van der Waals surface area contributed by atoms with Gasteiger partial charge >= 0.3 is 234 Å². The van der Waals surface area contributed by atoms with E-state index in [4.69, 9.17) is 9.72 Å². The van der Waals surface area contributed by atoms with Crippen molar-refractivity contribution in [2.75, 3.05) is 4.90 Å². The average molecular weight is 818 g/mol. The van der Waals surface area contributed by atoms with Crippen molar-refractivity contribution in [2.24, 2.45) is 13.0 Å². The molecule has 0 radical (unpaired) electrons. The Balaban J connectivity index is 1.27. The number of imidazole rings is 1. The molecule has 252 valence electrons. The molecule has 48 heavy (non-hydrogen) atoms. The van der Waals surface area contributed by atoms with E-state index in [0.29, 0.717) is 17.6 Å². The Morgan fingerprint density at radius 2 is 1.65 bits per heavy atom. The van der Waals surface area contributed by atoms with Crippen LogP contribution in [0, 0.1) is 28.8 Å². The van der Waals surface area contributed by atoms with Crippen LogP contribution in [0.2, 0.25) is 0 Å². The van der Waals surface area contributed by atoms with E-state index >= 15 is 0 Å². The van der Waals surface area contributed by atoms with Crippen molar-refractivity contribution < 1.29 is 24.1 Å². The van der Waals surface area contributed by atoms with E-state index in [1.165, 1.54) is 85.7 Å². The number of anilines is 2. The Morgan fingerprint density at radius 3 is 2.42 bits per heavy atom. The van der Waals surface area contributed by atoms with Gasteiger partial charge < -0.3 is 0 Å². The molecule has 3 aromatic carbocycles. The van der Waals surface area contributed by atoms with Gasteiger partial charge in [0.25, 0.3) is 0 Å². The van der Waals surface area contributed by atoms with E-state index in [2.05, 4.69) is 141 Å². The van der Waals surface area contributed by atoms with Crippen molar-refractivity contribution in [3.05, 3.63) is 99.5 Å². The number of hydrogen-bond acceptors (Lipinski definition) is 3. The summed E-state index contributed by atoms with van der Waals surface area (Å²) in [6.45, 7) is 8.96. The molecular weight excluding hydrogens is 772 g/mol. The van der Waals surface area contributed by atoms with E-state index < -0.39 is 0 Å². The quantitative estimate of drug-likeness (QED) is 0.170. The summed E-state index contributed by atoms with van der Waals surface area (Å²) in [5, 5.41) is 0. The summed E-state index contributed by atoms with van der Waals surface area (Å²) in [5.74, 6) is 3.70. The van der Waals surface area contributed by atoms with E-state index in [1.807, 2.05) is 6.20 Å². The number of para-hydroxylation sites is 2. The molecule has 2 aliphatic carbocycles. The van der Waals surface area contributed by atoms with Gasteiger partial charge in [-0.25, -0.2) is 0 Å². The zero-order valence-corrected chi connectivity index (χ0v) is 31.2.